The van der Waals surface area contributed by atoms with Crippen molar-refractivity contribution in [3.05, 3.63) is 40.9 Å². The first-order chi connectivity index (χ1) is 10.9. The Bertz CT molecular complexity index is 666. The number of hydrogen-bond acceptors (Lipinski definition) is 4. The van der Waals surface area contributed by atoms with Crippen LogP contribution in [0.4, 0.5) is 0 Å². The fraction of sp³-hybridized carbons (Fsp3) is 0.444. The molecule has 0 bridgehead atoms. The van der Waals surface area contributed by atoms with Crippen molar-refractivity contribution in [2.45, 2.75) is 33.2 Å². The van der Waals surface area contributed by atoms with Gasteiger partial charge in [-0.3, -0.25) is 4.79 Å². The van der Waals surface area contributed by atoms with Crippen LogP contribution in [0, 0.1) is 12.8 Å². The number of nitrogens with zero attached hydrogens (tertiary/aromatic N) is 2. The summed E-state index contributed by atoms with van der Waals surface area (Å²) in [7, 11) is 1.83. The highest BCUT2D eigenvalue weighted by Crippen LogP contribution is 2.24. The molecule has 0 saturated carbocycles. The number of rotatable bonds is 6. The summed E-state index contributed by atoms with van der Waals surface area (Å²) < 4.78 is 0. The Morgan fingerprint density at radius 2 is 2.13 bits per heavy atom. The fourth-order valence-electron chi connectivity index (χ4n) is 2.27. The molecule has 23 heavy (non-hydrogen) atoms. The predicted molar refractivity (Wildman–Crippen MR) is 96.7 cm³/mol. The number of thiazole rings is 1. The summed E-state index contributed by atoms with van der Waals surface area (Å²) >= 11 is 1.60. The van der Waals surface area contributed by atoms with E-state index in [1.54, 1.807) is 16.2 Å². The standard InChI is InChI=1S/C18H25N3OS/c1-12(2)16(19)8-9-21(4)18(22)15-7-5-6-14(10-15)17-20-13(3)11-23-17/h5-7,10-12,16H,8-9,19H2,1-4H3. The van der Waals surface area contributed by atoms with Crippen LogP contribution in [0.5, 0.6) is 0 Å². The number of carbonyl (C=O) groups is 1. The molecule has 1 amide bonds. The summed E-state index contributed by atoms with van der Waals surface area (Å²) in [5, 5.41) is 2.96. The summed E-state index contributed by atoms with van der Waals surface area (Å²) in [6, 6.07) is 7.79. The summed E-state index contributed by atoms with van der Waals surface area (Å²) in [5.41, 5.74) is 8.74. The SMILES string of the molecule is Cc1csc(-c2cccc(C(=O)N(C)CCC(N)C(C)C)c2)n1. The third kappa shape index (κ3) is 4.62. The monoisotopic (exact) mass is 331 g/mol. The van der Waals surface area contributed by atoms with Crippen molar-refractivity contribution in [1.82, 2.24) is 9.88 Å². The van der Waals surface area contributed by atoms with Gasteiger partial charge in [-0.2, -0.15) is 0 Å². The van der Waals surface area contributed by atoms with E-state index in [0.29, 0.717) is 18.0 Å². The molecule has 1 aromatic heterocycles. The number of aryl methyl sites for hydroxylation is 1. The Kier molecular flexibility index (Phi) is 5.91. The minimum absolute atomic E-state index is 0.0242. The molecular weight excluding hydrogens is 306 g/mol. The van der Waals surface area contributed by atoms with Gasteiger partial charge >= 0.3 is 0 Å². The lowest BCUT2D eigenvalue weighted by Gasteiger charge is -2.21. The lowest BCUT2D eigenvalue weighted by Crippen LogP contribution is -2.34. The maximum absolute atomic E-state index is 12.6. The molecule has 0 spiro atoms. The van der Waals surface area contributed by atoms with Gasteiger partial charge < -0.3 is 10.6 Å². The Morgan fingerprint density at radius 3 is 2.74 bits per heavy atom. The van der Waals surface area contributed by atoms with Crippen LogP contribution in [0.2, 0.25) is 0 Å². The van der Waals surface area contributed by atoms with E-state index in [9.17, 15) is 4.79 Å². The second kappa shape index (κ2) is 7.70. The molecule has 1 atom stereocenters. The van der Waals surface area contributed by atoms with Crippen LogP contribution < -0.4 is 5.73 Å². The van der Waals surface area contributed by atoms with Crippen molar-refractivity contribution >= 4 is 17.2 Å². The fourth-order valence-corrected chi connectivity index (χ4v) is 3.06. The predicted octanol–water partition coefficient (Wildman–Crippen LogP) is 3.56. The van der Waals surface area contributed by atoms with E-state index in [1.165, 1.54) is 0 Å². The largest absolute Gasteiger partial charge is 0.342 e. The highest BCUT2D eigenvalue weighted by Gasteiger charge is 2.15. The van der Waals surface area contributed by atoms with Crippen molar-refractivity contribution < 1.29 is 4.79 Å². The van der Waals surface area contributed by atoms with Crippen molar-refractivity contribution in [3.63, 3.8) is 0 Å². The van der Waals surface area contributed by atoms with Crippen molar-refractivity contribution in [1.29, 1.82) is 0 Å². The molecule has 5 heteroatoms. The van der Waals surface area contributed by atoms with Crippen molar-refractivity contribution in [3.8, 4) is 10.6 Å². The summed E-state index contributed by atoms with van der Waals surface area (Å²) in [6.07, 6.45) is 0.811. The summed E-state index contributed by atoms with van der Waals surface area (Å²) in [4.78, 5) is 18.8. The van der Waals surface area contributed by atoms with E-state index in [2.05, 4.69) is 18.8 Å². The molecule has 2 aromatic rings. The molecule has 2 N–H and O–H groups in total. The van der Waals surface area contributed by atoms with Gasteiger partial charge in [0.15, 0.2) is 0 Å². The molecule has 0 radical (unpaired) electrons. The maximum atomic E-state index is 12.6. The van der Waals surface area contributed by atoms with Gasteiger partial charge in [0, 0.05) is 41.8 Å². The van der Waals surface area contributed by atoms with E-state index in [-0.39, 0.29) is 11.9 Å². The highest BCUT2D eigenvalue weighted by atomic mass is 32.1. The molecule has 0 fully saturated rings. The minimum atomic E-state index is 0.0242. The Labute approximate surface area is 142 Å². The first-order valence-electron chi connectivity index (χ1n) is 7.92. The average molecular weight is 331 g/mol. The van der Waals surface area contributed by atoms with Gasteiger partial charge in [-0.05, 0) is 31.4 Å². The van der Waals surface area contributed by atoms with Crippen LogP contribution in [-0.2, 0) is 0 Å². The van der Waals surface area contributed by atoms with Gasteiger partial charge in [-0.25, -0.2) is 4.98 Å². The van der Waals surface area contributed by atoms with Crippen LogP contribution in [0.1, 0.15) is 36.3 Å². The second-order valence-electron chi connectivity index (χ2n) is 6.30. The van der Waals surface area contributed by atoms with Crippen LogP contribution in [0.15, 0.2) is 29.6 Å². The van der Waals surface area contributed by atoms with Crippen molar-refractivity contribution in [2.24, 2.45) is 11.7 Å². The van der Waals surface area contributed by atoms with Gasteiger partial charge in [-0.1, -0.05) is 26.0 Å². The molecular formula is C18H25N3OS. The highest BCUT2D eigenvalue weighted by molar-refractivity contribution is 7.13. The van der Waals surface area contributed by atoms with Gasteiger partial charge in [0.05, 0.1) is 0 Å². The quantitative estimate of drug-likeness (QED) is 0.880. The summed E-state index contributed by atoms with van der Waals surface area (Å²) in [5.74, 6) is 0.450. The number of amides is 1. The van der Waals surface area contributed by atoms with Crippen LogP contribution >= 0.6 is 11.3 Å². The normalized spacial score (nSPS) is 12.4. The van der Waals surface area contributed by atoms with Crippen molar-refractivity contribution in [2.75, 3.05) is 13.6 Å². The summed E-state index contributed by atoms with van der Waals surface area (Å²) in [6.45, 7) is 6.84. The zero-order chi connectivity index (χ0) is 17.0. The van der Waals surface area contributed by atoms with E-state index >= 15 is 0 Å². The first-order valence-corrected chi connectivity index (χ1v) is 8.80. The number of benzene rings is 1. The van der Waals surface area contributed by atoms with Crippen LogP contribution in [-0.4, -0.2) is 35.4 Å². The van der Waals surface area contributed by atoms with E-state index in [0.717, 1.165) is 22.7 Å². The molecule has 4 nitrogen and oxygen atoms in total. The molecule has 2 rings (SSSR count). The first kappa shape index (κ1) is 17.6. The lowest BCUT2D eigenvalue weighted by atomic mass is 10.0. The van der Waals surface area contributed by atoms with E-state index < -0.39 is 0 Å². The number of carbonyl (C=O) groups excluding carboxylic acids is 1. The number of aromatic nitrogens is 1. The Balaban J connectivity index is 2.07. The molecule has 0 aliphatic carbocycles. The molecule has 1 heterocycles. The van der Waals surface area contributed by atoms with Gasteiger partial charge in [-0.15, -0.1) is 11.3 Å². The zero-order valence-electron chi connectivity index (χ0n) is 14.2. The Hall–Kier alpha value is -1.72. The number of nitrogens with two attached hydrogens (primary N) is 1. The second-order valence-corrected chi connectivity index (χ2v) is 7.16. The van der Waals surface area contributed by atoms with E-state index in [4.69, 9.17) is 5.73 Å². The molecule has 0 aliphatic heterocycles. The van der Waals surface area contributed by atoms with Gasteiger partial charge in [0.1, 0.15) is 5.01 Å². The maximum Gasteiger partial charge on any atom is 0.253 e. The van der Waals surface area contributed by atoms with Gasteiger partial charge in [0.25, 0.3) is 5.91 Å². The molecule has 0 saturated heterocycles. The zero-order valence-corrected chi connectivity index (χ0v) is 15.1. The topological polar surface area (TPSA) is 59.2 Å². The lowest BCUT2D eigenvalue weighted by molar-refractivity contribution is 0.0789. The number of hydrogen-bond donors (Lipinski definition) is 1. The average Bonchev–Trinajstić information content (AvgIpc) is 2.98. The van der Waals surface area contributed by atoms with Gasteiger partial charge in [0.2, 0.25) is 0 Å². The third-order valence-corrected chi connectivity index (χ3v) is 4.99. The molecule has 1 unspecified atom stereocenters. The molecule has 1 aromatic carbocycles. The Morgan fingerprint density at radius 1 is 1.39 bits per heavy atom. The minimum Gasteiger partial charge on any atom is -0.342 e. The molecule has 124 valence electrons. The van der Waals surface area contributed by atoms with Crippen LogP contribution in [0.25, 0.3) is 10.6 Å². The smallest absolute Gasteiger partial charge is 0.253 e. The van der Waals surface area contributed by atoms with Crippen LogP contribution in [0.3, 0.4) is 0 Å². The van der Waals surface area contributed by atoms with E-state index in [1.807, 2.05) is 43.6 Å². The molecule has 0 aliphatic rings. The third-order valence-electron chi connectivity index (χ3n) is 3.98.